The zero-order chi connectivity index (χ0) is 12.6. The third kappa shape index (κ3) is 11.0. The molecule has 0 rings (SSSR count). The third-order valence-electron chi connectivity index (χ3n) is 1.92. The Morgan fingerprint density at radius 3 is 2.31 bits per heavy atom. The summed E-state index contributed by atoms with van der Waals surface area (Å²) in [6.45, 7) is 6.81. The van der Waals surface area contributed by atoms with Gasteiger partial charge in [-0.15, -0.1) is 0 Å². The van der Waals surface area contributed by atoms with E-state index in [1.54, 1.807) is 0 Å². The van der Waals surface area contributed by atoms with Gasteiger partial charge in [-0.2, -0.15) is 0 Å². The molecular formula is C11H22N2O3. The molecule has 0 atom stereocenters. The molecule has 0 spiro atoms. The van der Waals surface area contributed by atoms with E-state index in [-0.39, 0.29) is 17.9 Å². The molecule has 0 aliphatic carbocycles. The Labute approximate surface area is 96.6 Å². The Bertz CT molecular complexity index is 234. The highest BCUT2D eigenvalue weighted by atomic mass is 16.4. The number of carbonyl (C=O) groups excluding carboxylic acids is 1. The third-order valence-corrected chi connectivity index (χ3v) is 1.92. The number of carboxylic acid groups (broad SMARTS) is 1. The van der Waals surface area contributed by atoms with Gasteiger partial charge < -0.3 is 15.7 Å². The van der Waals surface area contributed by atoms with Crippen LogP contribution in [0.15, 0.2) is 0 Å². The monoisotopic (exact) mass is 230 g/mol. The molecule has 0 radical (unpaired) electrons. The molecule has 0 saturated heterocycles. The van der Waals surface area contributed by atoms with E-state index in [4.69, 9.17) is 5.11 Å². The number of hydrogen-bond acceptors (Lipinski definition) is 3. The fourth-order valence-electron chi connectivity index (χ4n) is 1.04. The molecule has 0 unspecified atom stereocenters. The molecule has 0 aromatic carbocycles. The Kier molecular flexibility index (Phi) is 6.72. The van der Waals surface area contributed by atoms with Crippen LogP contribution >= 0.6 is 0 Å². The van der Waals surface area contributed by atoms with Crippen LogP contribution in [-0.2, 0) is 9.59 Å². The predicted octanol–water partition coefficient (Wildman–Crippen LogP) is 0.746. The smallest absolute Gasteiger partial charge is 0.303 e. The van der Waals surface area contributed by atoms with Gasteiger partial charge in [0.25, 0.3) is 0 Å². The van der Waals surface area contributed by atoms with Crippen molar-refractivity contribution in [2.45, 2.75) is 45.6 Å². The molecule has 3 N–H and O–H groups in total. The van der Waals surface area contributed by atoms with Gasteiger partial charge in [-0.05, 0) is 33.6 Å². The van der Waals surface area contributed by atoms with Gasteiger partial charge in [-0.3, -0.25) is 9.59 Å². The van der Waals surface area contributed by atoms with Gasteiger partial charge in [0.15, 0.2) is 0 Å². The van der Waals surface area contributed by atoms with E-state index in [9.17, 15) is 9.59 Å². The summed E-state index contributed by atoms with van der Waals surface area (Å²) in [6, 6.07) is 0. The minimum atomic E-state index is -0.791. The second-order valence-corrected chi connectivity index (χ2v) is 4.80. The number of aliphatic carboxylic acids is 1. The molecule has 0 heterocycles. The Morgan fingerprint density at radius 1 is 1.19 bits per heavy atom. The first-order chi connectivity index (χ1) is 7.31. The highest BCUT2D eigenvalue weighted by molar-refractivity contribution is 5.78. The molecule has 0 aliphatic heterocycles. The molecule has 94 valence electrons. The molecular weight excluding hydrogens is 208 g/mol. The summed E-state index contributed by atoms with van der Waals surface area (Å²) in [5.41, 5.74) is -0.0688. The first kappa shape index (κ1) is 14.9. The average molecular weight is 230 g/mol. The van der Waals surface area contributed by atoms with E-state index >= 15 is 0 Å². The molecule has 16 heavy (non-hydrogen) atoms. The van der Waals surface area contributed by atoms with Crippen molar-refractivity contribution in [1.82, 2.24) is 10.6 Å². The summed E-state index contributed by atoms with van der Waals surface area (Å²) in [4.78, 5) is 21.5. The van der Waals surface area contributed by atoms with Crippen LogP contribution in [-0.4, -0.2) is 35.6 Å². The lowest BCUT2D eigenvalue weighted by atomic mass is 10.1. The summed E-state index contributed by atoms with van der Waals surface area (Å²) < 4.78 is 0. The van der Waals surface area contributed by atoms with Crippen LogP contribution in [0, 0.1) is 0 Å². The Hall–Kier alpha value is -1.10. The molecule has 0 saturated carbocycles. The van der Waals surface area contributed by atoms with E-state index in [1.807, 2.05) is 20.8 Å². The van der Waals surface area contributed by atoms with Gasteiger partial charge in [0.2, 0.25) is 5.91 Å². The number of amides is 1. The molecule has 5 heteroatoms. The summed E-state index contributed by atoms with van der Waals surface area (Å²) in [6.07, 6.45) is 1.46. The van der Waals surface area contributed by atoms with E-state index in [1.165, 1.54) is 0 Å². The van der Waals surface area contributed by atoms with Crippen LogP contribution in [0.5, 0.6) is 0 Å². The van der Waals surface area contributed by atoms with Gasteiger partial charge in [-0.25, -0.2) is 0 Å². The highest BCUT2D eigenvalue weighted by Gasteiger charge is 2.10. The first-order valence-electron chi connectivity index (χ1n) is 5.55. The average Bonchev–Trinajstić information content (AvgIpc) is 2.12. The van der Waals surface area contributed by atoms with Crippen molar-refractivity contribution in [3.05, 3.63) is 0 Å². The predicted molar refractivity (Wildman–Crippen MR) is 62.3 cm³/mol. The second kappa shape index (κ2) is 7.22. The van der Waals surface area contributed by atoms with Crippen molar-refractivity contribution in [2.24, 2.45) is 0 Å². The van der Waals surface area contributed by atoms with Gasteiger partial charge in [0.1, 0.15) is 0 Å². The molecule has 0 aromatic heterocycles. The highest BCUT2D eigenvalue weighted by Crippen LogP contribution is 1.97. The van der Waals surface area contributed by atoms with Crippen LogP contribution in [0.2, 0.25) is 0 Å². The van der Waals surface area contributed by atoms with Crippen LogP contribution in [0.4, 0.5) is 0 Å². The maximum Gasteiger partial charge on any atom is 0.303 e. The minimum absolute atomic E-state index is 0.0507. The van der Waals surface area contributed by atoms with Crippen molar-refractivity contribution in [3.63, 3.8) is 0 Å². The molecule has 0 fully saturated rings. The van der Waals surface area contributed by atoms with Gasteiger partial charge >= 0.3 is 5.97 Å². The Morgan fingerprint density at radius 2 is 1.81 bits per heavy atom. The zero-order valence-electron chi connectivity index (χ0n) is 10.3. The molecule has 0 aromatic rings. The SMILES string of the molecule is CC(C)(C)NCC(=O)NCCCCC(=O)O. The number of hydrogen-bond donors (Lipinski definition) is 3. The zero-order valence-corrected chi connectivity index (χ0v) is 10.3. The van der Waals surface area contributed by atoms with E-state index in [0.29, 0.717) is 25.9 Å². The Balaban J connectivity index is 3.41. The minimum Gasteiger partial charge on any atom is -0.481 e. The lowest BCUT2D eigenvalue weighted by Crippen LogP contribution is -2.43. The molecule has 5 nitrogen and oxygen atoms in total. The topological polar surface area (TPSA) is 78.4 Å². The van der Waals surface area contributed by atoms with Gasteiger partial charge in [-0.1, -0.05) is 0 Å². The maximum atomic E-state index is 11.3. The lowest BCUT2D eigenvalue weighted by Gasteiger charge is -2.19. The van der Waals surface area contributed by atoms with Crippen LogP contribution in [0.3, 0.4) is 0 Å². The van der Waals surface area contributed by atoms with Crippen molar-refractivity contribution >= 4 is 11.9 Å². The molecule has 0 bridgehead atoms. The standard InChI is InChI=1S/C11H22N2O3/c1-11(2,3)13-8-9(14)12-7-5-4-6-10(15)16/h13H,4-8H2,1-3H3,(H,12,14)(H,15,16). The molecule has 1 amide bonds. The lowest BCUT2D eigenvalue weighted by molar-refractivity contribution is -0.137. The second-order valence-electron chi connectivity index (χ2n) is 4.80. The number of unbranched alkanes of at least 4 members (excludes halogenated alkanes) is 1. The summed E-state index contributed by atoms with van der Waals surface area (Å²) in [7, 11) is 0. The van der Waals surface area contributed by atoms with Crippen molar-refractivity contribution in [2.75, 3.05) is 13.1 Å². The number of rotatable bonds is 7. The van der Waals surface area contributed by atoms with Crippen LogP contribution < -0.4 is 10.6 Å². The van der Waals surface area contributed by atoms with Crippen molar-refractivity contribution in [3.8, 4) is 0 Å². The number of carboxylic acids is 1. The number of carbonyl (C=O) groups is 2. The fourth-order valence-corrected chi connectivity index (χ4v) is 1.04. The summed E-state index contributed by atoms with van der Waals surface area (Å²) in [5, 5.41) is 14.2. The van der Waals surface area contributed by atoms with Crippen LogP contribution in [0.25, 0.3) is 0 Å². The van der Waals surface area contributed by atoms with Crippen molar-refractivity contribution in [1.29, 1.82) is 0 Å². The van der Waals surface area contributed by atoms with E-state index < -0.39 is 5.97 Å². The van der Waals surface area contributed by atoms with E-state index in [0.717, 1.165) is 0 Å². The number of nitrogens with one attached hydrogen (secondary N) is 2. The molecule has 0 aliphatic rings. The maximum absolute atomic E-state index is 11.3. The van der Waals surface area contributed by atoms with Gasteiger partial charge in [0.05, 0.1) is 6.54 Å². The van der Waals surface area contributed by atoms with Crippen LogP contribution in [0.1, 0.15) is 40.0 Å². The first-order valence-corrected chi connectivity index (χ1v) is 5.55. The quantitative estimate of drug-likeness (QED) is 0.564. The summed E-state index contributed by atoms with van der Waals surface area (Å²) in [5.74, 6) is -0.842. The van der Waals surface area contributed by atoms with Gasteiger partial charge in [0, 0.05) is 18.5 Å². The van der Waals surface area contributed by atoms with E-state index in [2.05, 4.69) is 10.6 Å². The van der Waals surface area contributed by atoms with Crippen molar-refractivity contribution < 1.29 is 14.7 Å². The summed E-state index contributed by atoms with van der Waals surface area (Å²) >= 11 is 0. The normalized spacial score (nSPS) is 11.2. The fraction of sp³-hybridized carbons (Fsp3) is 0.818. The largest absolute Gasteiger partial charge is 0.481 e.